The van der Waals surface area contributed by atoms with Crippen LogP contribution >= 0.6 is 0 Å². The highest BCUT2D eigenvalue weighted by molar-refractivity contribution is 5.83. The number of unbranched alkanes of at least 4 members (excludes halogenated alkanes) is 2. The highest BCUT2D eigenvalue weighted by atomic mass is 19.1. The molecule has 24 heavy (non-hydrogen) atoms. The molecular weight excluding hydrogens is 303 g/mol. The first kappa shape index (κ1) is 17.9. The van der Waals surface area contributed by atoms with Crippen LogP contribution in [0.2, 0.25) is 0 Å². The molecule has 0 radical (unpaired) electrons. The molecule has 0 fully saturated rings. The molecular formula is C20H23FN2O. The normalized spacial score (nSPS) is 11.5. The van der Waals surface area contributed by atoms with Crippen molar-refractivity contribution in [1.82, 2.24) is 0 Å². The first-order chi connectivity index (χ1) is 11.7. The number of benzene rings is 2. The summed E-state index contributed by atoms with van der Waals surface area (Å²) in [6, 6.07) is 12.7. The third kappa shape index (κ3) is 5.61. The Hall–Kier alpha value is -2.49. The minimum Gasteiger partial charge on any atom is -0.497 e. The zero-order chi connectivity index (χ0) is 17.2. The van der Waals surface area contributed by atoms with E-state index in [-0.39, 0.29) is 5.82 Å². The van der Waals surface area contributed by atoms with E-state index in [0.717, 1.165) is 29.7 Å². The van der Waals surface area contributed by atoms with Crippen LogP contribution in [0.15, 0.2) is 52.7 Å². The minimum atomic E-state index is -0.257. The van der Waals surface area contributed by atoms with E-state index in [1.165, 1.54) is 19.1 Å². The number of methoxy groups -OCH3 is 1. The van der Waals surface area contributed by atoms with Crippen LogP contribution in [0.3, 0.4) is 0 Å². The van der Waals surface area contributed by atoms with E-state index in [1.807, 2.05) is 30.3 Å². The predicted molar refractivity (Wildman–Crippen MR) is 97.8 cm³/mol. The fourth-order valence-electron chi connectivity index (χ4n) is 2.30. The summed E-state index contributed by atoms with van der Waals surface area (Å²) >= 11 is 0. The first-order valence-corrected chi connectivity index (χ1v) is 8.22. The van der Waals surface area contributed by atoms with Crippen molar-refractivity contribution in [1.29, 1.82) is 0 Å². The second-order valence-corrected chi connectivity index (χ2v) is 5.58. The molecule has 0 aliphatic carbocycles. The smallest absolute Gasteiger partial charge is 0.132 e. The van der Waals surface area contributed by atoms with E-state index in [4.69, 9.17) is 4.74 Å². The Labute approximate surface area is 142 Å². The van der Waals surface area contributed by atoms with E-state index in [0.29, 0.717) is 5.56 Å². The van der Waals surface area contributed by atoms with Crippen molar-refractivity contribution in [2.75, 3.05) is 7.11 Å². The molecule has 0 unspecified atom stereocenters. The Kier molecular flexibility index (Phi) is 7.15. The van der Waals surface area contributed by atoms with Crippen LogP contribution in [0.25, 0.3) is 0 Å². The van der Waals surface area contributed by atoms with Gasteiger partial charge in [-0.15, -0.1) is 0 Å². The largest absolute Gasteiger partial charge is 0.497 e. The average Bonchev–Trinajstić information content (AvgIpc) is 2.61. The molecule has 126 valence electrons. The van der Waals surface area contributed by atoms with Gasteiger partial charge in [0, 0.05) is 5.56 Å². The maximum atomic E-state index is 14.0. The Morgan fingerprint density at radius 2 is 1.75 bits per heavy atom. The Balaban J connectivity index is 1.94. The molecule has 4 heteroatoms. The molecule has 0 heterocycles. The standard InChI is InChI=1S/C20H23FN2O/c1-3-4-5-6-16-7-10-18(20(21)13-16)15-23-22-14-17-8-11-19(24-2)12-9-17/h7-15H,3-6H2,1-2H3. The maximum absolute atomic E-state index is 14.0. The Morgan fingerprint density at radius 3 is 2.42 bits per heavy atom. The molecule has 0 saturated heterocycles. The summed E-state index contributed by atoms with van der Waals surface area (Å²) in [6.07, 6.45) is 7.40. The van der Waals surface area contributed by atoms with Gasteiger partial charge in [-0.05, 0) is 54.3 Å². The number of rotatable bonds is 8. The minimum absolute atomic E-state index is 0.257. The SMILES string of the molecule is CCCCCc1ccc(C=NN=Cc2ccc(OC)cc2)c(F)c1. The topological polar surface area (TPSA) is 34.0 Å². The second-order valence-electron chi connectivity index (χ2n) is 5.58. The van der Waals surface area contributed by atoms with E-state index < -0.39 is 0 Å². The van der Waals surface area contributed by atoms with Gasteiger partial charge in [-0.3, -0.25) is 0 Å². The lowest BCUT2D eigenvalue weighted by Crippen LogP contribution is -1.92. The molecule has 0 aromatic heterocycles. The lowest BCUT2D eigenvalue weighted by Gasteiger charge is -2.02. The molecule has 0 saturated carbocycles. The summed E-state index contributed by atoms with van der Waals surface area (Å²) in [4.78, 5) is 0. The van der Waals surface area contributed by atoms with Crippen molar-refractivity contribution in [3.05, 3.63) is 65.0 Å². The van der Waals surface area contributed by atoms with Crippen molar-refractivity contribution in [2.45, 2.75) is 32.6 Å². The molecule has 2 aromatic carbocycles. The lowest BCUT2D eigenvalue weighted by atomic mass is 10.1. The maximum Gasteiger partial charge on any atom is 0.132 e. The van der Waals surface area contributed by atoms with E-state index in [1.54, 1.807) is 25.5 Å². The number of aryl methyl sites for hydroxylation is 1. The number of nitrogens with zero attached hydrogens (tertiary/aromatic N) is 2. The van der Waals surface area contributed by atoms with Crippen molar-refractivity contribution >= 4 is 12.4 Å². The monoisotopic (exact) mass is 326 g/mol. The highest BCUT2D eigenvalue weighted by Crippen LogP contribution is 2.12. The molecule has 0 atom stereocenters. The molecule has 2 rings (SSSR count). The molecule has 0 spiro atoms. The van der Waals surface area contributed by atoms with Crippen molar-refractivity contribution < 1.29 is 9.13 Å². The number of halogens is 1. The fourth-order valence-corrected chi connectivity index (χ4v) is 2.30. The van der Waals surface area contributed by atoms with Crippen molar-refractivity contribution in [3.63, 3.8) is 0 Å². The molecule has 0 bridgehead atoms. The van der Waals surface area contributed by atoms with Gasteiger partial charge in [-0.25, -0.2) is 4.39 Å². The zero-order valence-electron chi connectivity index (χ0n) is 14.2. The Morgan fingerprint density at radius 1 is 1.00 bits per heavy atom. The molecule has 0 amide bonds. The van der Waals surface area contributed by atoms with Crippen LogP contribution in [0, 0.1) is 5.82 Å². The van der Waals surface area contributed by atoms with Gasteiger partial charge in [0.25, 0.3) is 0 Å². The zero-order valence-corrected chi connectivity index (χ0v) is 14.2. The molecule has 0 N–H and O–H groups in total. The average molecular weight is 326 g/mol. The van der Waals surface area contributed by atoms with Crippen LogP contribution in [-0.4, -0.2) is 19.5 Å². The number of hydrogen-bond acceptors (Lipinski definition) is 3. The summed E-state index contributed by atoms with van der Waals surface area (Å²) in [5, 5.41) is 7.87. The summed E-state index contributed by atoms with van der Waals surface area (Å²) in [5.74, 6) is 0.532. The summed E-state index contributed by atoms with van der Waals surface area (Å²) < 4.78 is 19.1. The number of ether oxygens (including phenoxy) is 1. The van der Waals surface area contributed by atoms with E-state index in [2.05, 4.69) is 17.1 Å². The molecule has 0 aliphatic heterocycles. The summed E-state index contributed by atoms with van der Waals surface area (Å²) in [7, 11) is 1.62. The van der Waals surface area contributed by atoms with Crippen LogP contribution in [0.4, 0.5) is 4.39 Å². The van der Waals surface area contributed by atoms with Crippen LogP contribution in [-0.2, 0) is 6.42 Å². The Bertz CT molecular complexity index is 693. The fraction of sp³-hybridized carbons (Fsp3) is 0.300. The molecule has 3 nitrogen and oxygen atoms in total. The van der Waals surface area contributed by atoms with Gasteiger partial charge in [0.2, 0.25) is 0 Å². The first-order valence-electron chi connectivity index (χ1n) is 8.22. The van der Waals surface area contributed by atoms with Gasteiger partial charge in [0.05, 0.1) is 19.5 Å². The van der Waals surface area contributed by atoms with E-state index >= 15 is 0 Å². The van der Waals surface area contributed by atoms with Crippen LogP contribution in [0.5, 0.6) is 5.75 Å². The predicted octanol–water partition coefficient (Wildman–Crippen LogP) is 5.02. The van der Waals surface area contributed by atoms with Gasteiger partial charge in [-0.1, -0.05) is 31.9 Å². The van der Waals surface area contributed by atoms with Crippen LogP contribution < -0.4 is 4.74 Å². The van der Waals surface area contributed by atoms with Crippen molar-refractivity contribution in [3.8, 4) is 5.75 Å². The summed E-state index contributed by atoms with van der Waals surface area (Å²) in [5.41, 5.74) is 2.38. The van der Waals surface area contributed by atoms with E-state index in [9.17, 15) is 4.39 Å². The summed E-state index contributed by atoms with van der Waals surface area (Å²) in [6.45, 7) is 2.16. The molecule has 0 aliphatic rings. The third-order valence-corrected chi connectivity index (χ3v) is 3.72. The molecule has 2 aromatic rings. The van der Waals surface area contributed by atoms with Gasteiger partial charge in [0.1, 0.15) is 11.6 Å². The number of hydrogen-bond donors (Lipinski definition) is 0. The van der Waals surface area contributed by atoms with Gasteiger partial charge in [-0.2, -0.15) is 10.2 Å². The second kappa shape index (κ2) is 9.60. The van der Waals surface area contributed by atoms with Crippen molar-refractivity contribution in [2.24, 2.45) is 10.2 Å². The lowest BCUT2D eigenvalue weighted by molar-refractivity contribution is 0.415. The van der Waals surface area contributed by atoms with Gasteiger partial charge >= 0.3 is 0 Å². The quantitative estimate of drug-likeness (QED) is 0.381. The third-order valence-electron chi connectivity index (χ3n) is 3.72. The van der Waals surface area contributed by atoms with Crippen LogP contribution in [0.1, 0.15) is 42.9 Å². The highest BCUT2D eigenvalue weighted by Gasteiger charge is 2.01. The van der Waals surface area contributed by atoms with Gasteiger partial charge in [0.15, 0.2) is 0 Å². The van der Waals surface area contributed by atoms with Gasteiger partial charge < -0.3 is 4.74 Å².